The number of rotatable bonds is 3. The standard InChI is InChI=1S/C8H16N2OS/c9-2-7(11)3-10-4-8-1-6(10)5-12-8/h6-8,11H,1-5,9H2/t6?,7-,8?/m0/s1. The molecular weight excluding hydrogens is 172 g/mol. The van der Waals surface area contributed by atoms with Crippen molar-refractivity contribution in [3.05, 3.63) is 0 Å². The van der Waals surface area contributed by atoms with Crippen molar-refractivity contribution < 1.29 is 5.11 Å². The van der Waals surface area contributed by atoms with Gasteiger partial charge in [-0.25, -0.2) is 0 Å². The van der Waals surface area contributed by atoms with E-state index in [-0.39, 0.29) is 6.10 Å². The Hall–Kier alpha value is 0.230. The molecule has 0 spiro atoms. The van der Waals surface area contributed by atoms with Crippen LogP contribution in [0.25, 0.3) is 0 Å². The molecule has 2 aliphatic rings. The summed E-state index contributed by atoms with van der Waals surface area (Å²) in [4.78, 5) is 2.39. The van der Waals surface area contributed by atoms with E-state index in [1.54, 1.807) is 0 Å². The Morgan fingerprint density at radius 2 is 2.50 bits per heavy atom. The first-order valence-electron chi connectivity index (χ1n) is 4.53. The lowest BCUT2D eigenvalue weighted by molar-refractivity contribution is 0.115. The minimum Gasteiger partial charge on any atom is -0.390 e. The first-order chi connectivity index (χ1) is 5.79. The Labute approximate surface area is 77.3 Å². The molecule has 2 saturated heterocycles. The summed E-state index contributed by atoms with van der Waals surface area (Å²) in [6.45, 7) is 2.33. The van der Waals surface area contributed by atoms with Crippen LogP contribution in [0.2, 0.25) is 0 Å². The molecule has 3 N–H and O–H groups in total. The van der Waals surface area contributed by atoms with E-state index < -0.39 is 0 Å². The average molecular weight is 188 g/mol. The van der Waals surface area contributed by atoms with E-state index in [2.05, 4.69) is 16.7 Å². The highest BCUT2D eigenvalue weighted by molar-refractivity contribution is 8.00. The number of likely N-dealkylation sites (tertiary alicyclic amines) is 1. The second-order valence-electron chi connectivity index (χ2n) is 3.69. The molecule has 2 unspecified atom stereocenters. The van der Waals surface area contributed by atoms with Gasteiger partial charge in [0.25, 0.3) is 0 Å². The smallest absolute Gasteiger partial charge is 0.0789 e. The fourth-order valence-corrected chi connectivity index (χ4v) is 3.54. The van der Waals surface area contributed by atoms with Crippen LogP contribution >= 0.6 is 11.8 Å². The normalized spacial score (nSPS) is 37.5. The quantitative estimate of drug-likeness (QED) is 0.627. The van der Waals surface area contributed by atoms with Crippen molar-refractivity contribution in [3.8, 4) is 0 Å². The van der Waals surface area contributed by atoms with Gasteiger partial charge in [-0.05, 0) is 6.42 Å². The molecule has 2 rings (SSSR count). The Morgan fingerprint density at radius 1 is 1.67 bits per heavy atom. The van der Waals surface area contributed by atoms with Gasteiger partial charge in [0.15, 0.2) is 0 Å². The first kappa shape index (κ1) is 8.81. The highest BCUT2D eigenvalue weighted by Gasteiger charge is 2.38. The summed E-state index contributed by atoms with van der Waals surface area (Å²) < 4.78 is 0. The zero-order valence-corrected chi connectivity index (χ0v) is 7.96. The predicted octanol–water partition coefficient (Wildman–Crippen LogP) is -0.504. The molecule has 0 aromatic rings. The number of hydrogen-bond donors (Lipinski definition) is 2. The van der Waals surface area contributed by atoms with Crippen LogP contribution in [0, 0.1) is 0 Å². The van der Waals surface area contributed by atoms with E-state index in [0.717, 1.165) is 24.4 Å². The number of nitrogens with zero attached hydrogens (tertiary/aromatic N) is 1. The number of hydrogen-bond acceptors (Lipinski definition) is 4. The van der Waals surface area contributed by atoms with Gasteiger partial charge in [0.1, 0.15) is 0 Å². The molecule has 70 valence electrons. The second kappa shape index (κ2) is 3.54. The van der Waals surface area contributed by atoms with Crippen molar-refractivity contribution in [1.82, 2.24) is 4.90 Å². The summed E-state index contributed by atoms with van der Waals surface area (Å²) in [6.07, 6.45) is 0.997. The minimum atomic E-state index is -0.325. The summed E-state index contributed by atoms with van der Waals surface area (Å²) in [5, 5.41) is 10.2. The third-order valence-electron chi connectivity index (χ3n) is 2.73. The fourth-order valence-electron chi connectivity index (χ4n) is 2.05. The van der Waals surface area contributed by atoms with Crippen molar-refractivity contribution in [3.63, 3.8) is 0 Å². The van der Waals surface area contributed by atoms with Crippen LogP contribution in [-0.4, -0.2) is 52.8 Å². The summed E-state index contributed by atoms with van der Waals surface area (Å²) in [5.74, 6) is 1.25. The van der Waals surface area contributed by atoms with Crippen LogP contribution in [0.4, 0.5) is 0 Å². The maximum atomic E-state index is 9.37. The number of fused-ring (bicyclic) bond motifs is 2. The van der Waals surface area contributed by atoms with E-state index in [4.69, 9.17) is 5.73 Å². The predicted molar refractivity (Wildman–Crippen MR) is 51.3 cm³/mol. The van der Waals surface area contributed by atoms with Gasteiger partial charge in [0, 0.05) is 36.7 Å². The molecule has 3 nitrogen and oxygen atoms in total. The molecule has 2 aliphatic heterocycles. The van der Waals surface area contributed by atoms with Crippen LogP contribution in [0.15, 0.2) is 0 Å². The van der Waals surface area contributed by atoms with E-state index in [1.165, 1.54) is 12.2 Å². The third-order valence-corrected chi connectivity index (χ3v) is 4.12. The van der Waals surface area contributed by atoms with E-state index in [9.17, 15) is 5.11 Å². The topological polar surface area (TPSA) is 49.5 Å². The van der Waals surface area contributed by atoms with Gasteiger partial charge >= 0.3 is 0 Å². The molecule has 0 aromatic carbocycles. The van der Waals surface area contributed by atoms with Crippen molar-refractivity contribution in [2.75, 3.05) is 25.4 Å². The van der Waals surface area contributed by atoms with Crippen LogP contribution in [0.3, 0.4) is 0 Å². The number of β-amino-alcohol motifs (C(OH)–C–C–N with tert-alkyl or cyclic N) is 1. The van der Waals surface area contributed by atoms with Crippen molar-refractivity contribution in [2.24, 2.45) is 5.73 Å². The fraction of sp³-hybridized carbons (Fsp3) is 1.00. The monoisotopic (exact) mass is 188 g/mol. The molecule has 0 aliphatic carbocycles. The molecule has 2 heterocycles. The lowest BCUT2D eigenvalue weighted by Gasteiger charge is -2.27. The molecule has 12 heavy (non-hydrogen) atoms. The number of thioether (sulfide) groups is 1. The summed E-state index contributed by atoms with van der Waals surface area (Å²) in [7, 11) is 0. The van der Waals surface area contributed by atoms with E-state index >= 15 is 0 Å². The van der Waals surface area contributed by atoms with Gasteiger partial charge in [-0.1, -0.05) is 0 Å². The molecule has 2 fully saturated rings. The Balaban J connectivity index is 1.82. The van der Waals surface area contributed by atoms with Crippen molar-refractivity contribution in [1.29, 1.82) is 0 Å². The molecule has 3 atom stereocenters. The van der Waals surface area contributed by atoms with Crippen molar-refractivity contribution >= 4 is 11.8 Å². The molecule has 0 saturated carbocycles. The Kier molecular flexibility index (Phi) is 2.60. The molecular formula is C8H16N2OS. The average Bonchev–Trinajstić information content (AvgIpc) is 2.64. The summed E-state index contributed by atoms with van der Waals surface area (Å²) in [5.41, 5.74) is 5.37. The second-order valence-corrected chi connectivity index (χ2v) is 5.02. The van der Waals surface area contributed by atoms with Gasteiger partial charge in [0.2, 0.25) is 0 Å². The van der Waals surface area contributed by atoms with Gasteiger partial charge in [-0.15, -0.1) is 0 Å². The van der Waals surface area contributed by atoms with Gasteiger partial charge in [0.05, 0.1) is 6.10 Å². The summed E-state index contributed by atoms with van der Waals surface area (Å²) >= 11 is 2.08. The Morgan fingerprint density at radius 3 is 3.00 bits per heavy atom. The van der Waals surface area contributed by atoms with Crippen molar-refractivity contribution in [2.45, 2.75) is 23.8 Å². The lowest BCUT2D eigenvalue weighted by Crippen LogP contribution is -2.41. The van der Waals surface area contributed by atoms with Crippen LogP contribution < -0.4 is 5.73 Å². The van der Waals surface area contributed by atoms with Crippen LogP contribution in [0.1, 0.15) is 6.42 Å². The zero-order valence-electron chi connectivity index (χ0n) is 7.15. The number of nitrogens with two attached hydrogens (primary N) is 1. The lowest BCUT2D eigenvalue weighted by atomic mass is 10.2. The number of aliphatic hydroxyl groups excluding tert-OH is 1. The van der Waals surface area contributed by atoms with Gasteiger partial charge < -0.3 is 10.8 Å². The van der Waals surface area contributed by atoms with E-state index in [0.29, 0.717) is 6.54 Å². The maximum Gasteiger partial charge on any atom is 0.0789 e. The first-order valence-corrected chi connectivity index (χ1v) is 5.58. The molecule has 0 aromatic heterocycles. The van der Waals surface area contributed by atoms with E-state index in [1.807, 2.05) is 0 Å². The third kappa shape index (κ3) is 1.62. The summed E-state index contributed by atoms with van der Waals surface area (Å²) in [6, 6.07) is 0.723. The van der Waals surface area contributed by atoms with Crippen LogP contribution in [0.5, 0.6) is 0 Å². The molecule has 4 heteroatoms. The Bertz CT molecular complexity index is 167. The minimum absolute atomic E-state index is 0.325. The molecule has 2 bridgehead atoms. The molecule has 0 amide bonds. The largest absolute Gasteiger partial charge is 0.390 e. The highest BCUT2D eigenvalue weighted by Crippen LogP contribution is 2.37. The number of aliphatic hydroxyl groups is 1. The zero-order chi connectivity index (χ0) is 8.55. The van der Waals surface area contributed by atoms with Gasteiger partial charge in [-0.3, -0.25) is 4.90 Å². The highest BCUT2D eigenvalue weighted by atomic mass is 32.2. The van der Waals surface area contributed by atoms with Crippen LogP contribution in [-0.2, 0) is 0 Å². The van der Waals surface area contributed by atoms with Gasteiger partial charge in [-0.2, -0.15) is 11.8 Å². The maximum absolute atomic E-state index is 9.37. The molecule has 0 radical (unpaired) electrons. The SMILES string of the molecule is NC[C@H](O)CN1CC2CC1CS2.